The summed E-state index contributed by atoms with van der Waals surface area (Å²) in [7, 11) is 3.25. The third-order valence-corrected chi connectivity index (χ3v) is 2.98. The molecule has 0 bridgehead atoms. The second-order valence-corrected chi connectivity index (χ2v) is 4.43. The fraction of sp³-hybridized carbons (Fsp3) is 0.231. The summed E-state index contributed by atoms with van der Waals surface area (Å²) in [4.78, 5) is 15.9. The Bertz CT molecular complexity index is 595. The first kappa shape index (κ1) is 13.4. The second-order valence-electron chi connectivity index (χ2n) is 3.99. The number of benzene rings is 1. The molecule has 5 nitrogen and oxygen atoms in total. The van der Waals surface area contributed by atoms with E-state index in [9.17, 15) is 4.79 Å². The van der Waals surface area contributed by atoms with Crippen LogP contribution >= 0.6 is 11.6 Å². The summed E-state index contributed by atoms with van der Waals surface area (Å²) >= 11 is 5.89. The van der Waals surface area contributed by atoms with Crippen molar-refractivity contribution < 1.29 is 9.53 Å². The van der Waals surface area contributed by atoms with E-state index in [2.05, 4.69) is 10.3 Å². The molecule has 1 aromatic carbocycles. The summed E-state index contributed by atoms with van der Waals surface area (Å²) in [6, 6.07) is 5.04. The number of rotatable bonds is 4. The van der Waals surface area contributed by atoms with Crippen LogP contribution in [0, 0.1) is 0 Å². The predicted molar refractivity (Wildman–Crippen MR) is 73.3 cm³/mol. The predicted octanol–water partition coefficient (Wildman–Crippen LogP) is 2.47. The molecule has 1 aromatic heterocycles. The van der Waals surface area contributed by atoms with Crippen LogP contribution in [0.25, 0.3) is 0 Å². The van der Waals surface area contributed by atoms with Crippen molar-refractivity contribution in [3.63, 3.8) is 0 Å². The van der Waals surface area contributed by atoms with E-state index in [0.717, 1.165) is 5.82 Å². The molecular formula is C13H14ClN3O2. The van der Waals surface area contributed by atoms with Crippen LogP contribution in [0.15, 0.2) is 30.6 Å². The van der Waals surface area contributed by atoms with E-state index in [1.165, 1.54) is 7.11 Å². The summed E-state index contributed by atoms with van der Waals surface area (Å²) in [6.45, 7) is 0.509. The minimum atomic E-state index is -0.426. The molecule has 100 valence electrons. The van der Waals surface area contributed by atoms with Crippen LogP contribution in [0.1, 0.15) is 16.2 Å². The van der Waals surface area contributed by atoms with Gasteiger partial charge in [0.2, 0.25) is 0 Å². The van der Waals surface area contributed by atoms with Crippen LogP contribution in [0.4, 0.5) is 5.69 Å². The van der Waals surface area contributed by atoms with Crippen LogP contribution in [-0.2, 0) is 18.3 Å². The zero-order valence-corrected chi connectivity index (χ0v) is 11.4. The van der Waals surface area contributed by atoms with E-state index in [0.29, 0.717) is 22.8 Å². The minimum absolute atomic E-state index is 0.407. The van der Waals surface area contributed by atoms with Crippen LogP contribution in [0.3, 0.4) is 0 Å². The number of esters is 1. The smallest absolute Gasteiger partial charge is 0.340 e. The topological polar surface area (TPSA) is 56.1 Å². The Morgan fingerprint density at radius 3 is 2.95 bits per heavy atom. The highest BCUT2D eigenvalue weighted by Gasteiger charge is 2.12. The number of aromatic nitrogens is 2. The third-order valence-electron chi connectivity index (χ3n) is 2.74. The Hall–Kier alpha value is -2.01. The first-order valence-electron chi connectivity index (χ1n) is 5.69. The largest absolute Gasteiger partial charge is 0.465 e. The molecule has 0 saturated carbocycles. The van der Waals surface area contributed by atoms with Crippen LogP contribution in [0.2, 0.25) is 5.02 Å². The molecule has 2 aromatic rings. The molecule has 1 heterocycles. The van der Waals surface area contributed by atoms with Gasteiger partial charge in [-0.25, -0.2) is 9.78 Å². The van der Waals surface area contributed by atoms with Gasteiger partial charge in [-0.05, 0) is 18.2 Å². The monoisotopic (exact) mass is 279 g/mol. The third kappa shape index (κ3) is 3.06. The van der Waals surface area contributed by atoms with Gasteiger partial charge in [0, 0.05) is 30.2 Å². The van der Waals surface area contributed by atoms with E-state index < -0.39 is 5.97 Å². The molecule has 0 spiro atoms. The van der Waals surface area contributed by atoms with Crippen LogP contribution in [-0.4, -0.2) is 22.6 Å². The van der Waals surface area contributed by atoms with Gasteiger partial charge >= 0.3 is 5.97 Å². The molecular weight excluding hydrogens is 266 g/mol. The van der Waals surface area contributed by atoms with Gasteiger partial charge in [0.25, 0.3) is 0 Å². The second kappa shape index (κ2) is 5.75. The molecule has 0 aliphatic rings. The highest BCUT2D eigenvalue weighted by molar-refractivity contribution is 6.31. The number of nitrogens with one attached hydrogen (secondary N) is 1. The highest BCUT2D eigenvalue weighted by atomic mass is 35.5. The number of halogens is 1. The van der Waals surface area contributed by atoms with Gasteiger partial charge in [0.05, 0.1) is 19.2 Å². The fourth-order valence-electron chi connectivity index (χ4n) is 1.69. The normalized spacial score (nSPS) is 10.3. The standard InChI is InChI=1S/C13H14ClN3O2/c1-17-6-5-15-12(17)8-16-11-4-3-9(14)7-10(11)13(18)19-2/h3-7,16H,8H2,1-2H3. The molecule has 6 heteroatoms. The van der Waals surface area contributed by atoms with Crippen LogP contribution in [0.5, 0.6) is 0 Å². The maximum atomic E-state index is 11.7. The number of hydrogen-bond acceptors (Lipinski definition) is 4. The molecule has 1 N–H and O–H groups in total. The lowest BCUT2D eigenvalue weighted by molar-refractivity contribution is 0.0602. The van der Waals surface area contributed by atoms with Gasteiger partial charge in [-0.1, -0.05) is 11.6 Å². The molecule has 0 amide bonds. The van der Waals surface area contributed by atoms with E-state index in [1.54, 1.807) is 24.4 Å². The highest BCUT2D eigenvalue weighted by Crippen LogP contribution is 2.22. The quantitative estimate of drug-likeness (QED) is 0.874. The molecule has 0 atom stereocenters. The average Bonchev–Trinajstić information content (AvgIpc) is 2.82. The molecule has 0 radical (unpaired) electrons. The maximum Gasteiger partial charge on any atom is 0.340 e. The van der Waals surface area contributed by atoms with Gasteiger partial charge in [0.1, 0.15) is 5.82 Å². The Kier molecular flexibility index (Phi) is 4.06. The number of carbonyl (C=O) groups excluding carboxylic acids is 1. The fourth-order valence-corrected chi connectivity index (χ4v) is 1.86. The molecule has 0 aliphatic heterocycles. The average molecular weight is 280 g/mol. The van der Waals surface area contributed by atoms with Gasteiger partial charge < -0.3 is 14.6 Å². The van der Waals surface area contributed by atoms with Crippen molar-refractivity contribution in [3.05, 3.63) is 47.0 Å². The molecule has 0 unspecified atom stereocenters. The Balaban J connectivity index is 2.20. The Morgan fingerprint density at radius 2 is 2.32 bits per heavy atom. The van der Waals surface area contributed by atoms with Crippen molar-refractivity contribution in [3.8, 4) is 0 Å². The first-order chi connectivity index (χ1) is 9.11. The zero-order chi connectivity index (χ0) is 13.8. The summed E-state index contributed by atoms with van der Waals surface area (Å²) < 4.78 is 6.64. The van der Waals surface area contributed by atoms with Crippen molar-refractivity contribution in [1.29, 1.82) is 0 Å². The molecule has 2 rings (SSSR count). The number of aryl methyl sites for hydroxylation is 1. The van der Waals surface area contributed by atoms with E-state index in [1.807, 2.05) is 17.8 Å². The maximum absolute atomic E-state index is 11.7. The van der Waals surface area contributed by atoms with Crippen molar-refractivity contribution in [2.24, 2.45) is 7.05 Å². The zero-order valence-electron chi connectivity index (χ0n) is 10.7. The summed E-state index contributed by atoms with van der Waals surface area (Å²) in [5.41, 5.74) is 1.07. The van der Waals surface area contributed by atoms with Gasteiger partial charge in [-0.3, -0.25) is 0 Å². The number of methoxy groups -OCH3 is 1. The number of hydrogen-bond donors (Lipinski definition) is 1. The summed E-state index contributed by atoms with van der Waals surface area (Å²) in [5, 5.41) is 3.64. The van der Waals surface area contributed by atoms with E-state index >= 15 is 0 Å². The molecule has 19 heavy (non-hydrogen) atoms. The summed E-state index contributed by atoms with van der Waals surface area (Å²) in [6.07, 6.45) is 3.58. The van der Waals surface area contributed by atoms with Crippen molar-refractivity contribution in [1.82, 2.24) is 9.55 Å². The number of ether oxygens (including phenoxy) is 1. The van der Waals surface area contributed by atoms with E-state index in [-0.39, 0.29) is 0 Å². The molecule has 0 fully saturated rings. The molecule has 0 saturated heterocycles. The number of nitrogens with zero attached hydrogens (tertiary/aromatic N) is 2. The van der Waals surface area contributed by atoms with Gasteiger partial charge in [-0.15, -0.1) is 0 Å². The number of carbonyl (C=O) groups is 1. The minimum Gasteiger partial charge on any atom is -0.465 e. The SMILES string of the molecule is COC(=O)c1cc(Cl)ccc1NCc1nccn1C. The number of anilines is 1. The summed E-state index contributed by atoms with van der Waals surface area (Å²) in [5.74, 6) is 0.440. The van der Waals surface area contributed by atoms with Crippen LogP contribution < -0.4 is 5.32 Å². The van der Waals surface area contributed by atoms with Crippen molar-refractivity contribution in [2.75, 3.05) is 12.4 Å². The van der Waals surface area contributed by atoms with Crippen molar-refractivity contribution in [2.45, 2.75) is 6.54 Å². The Labute approximate surface area is 116 Å². The molecule has 0 aliphatic carbocycles. The lowest BCUT2D eigenvalue weighted by Crippen LogP contribution is -2.10. The van der Waals surface area contributed by atoms with E-state index in [4.69, 9.17) is 16.3 Å². The van der Waals surface area contributed by atoms with Gasteiger partial charge in [-0.2, -0.15) is 0 Å². The van der Waals surface area contributed by atoms with Gasteiger partial charge in [0.15, 0.2) is 0 Å². The Morgan fingerprint density at radius 1 is 1.53 bits per heavy atom. The number of imidazole rings is 1. The lowest BCUT2D eigenvalue weighted by atomic mass is 10.2. The first-order valence-corrected chi connectivity index (χ1v) is 6.07. The van der Waals surface area contributed by atoms with Crippen molar-refractivity contribution >= 4 is 23.3 Å². The lowest BCUT2D eigenvalue weighted by Gasteiger charge is -2.11.